The second-order valence-electron chi connectivity index (χ2n) is 7.96. The van der Waals surface area contributed by atoms with Crippen LogP contribution in [0.1, 0.15) is 31.7 Å². The van der Waals surface area contributed by atoms with E-state index in [1.807, 2.05) is 29.2 Å². The molecule has 1 aromatic carbocycles. The first-order valence-corrected chi connectivity index (χ1v) is 10.4. The lowest BCUT2D eigenvalue weighted by Gasteiger charge is -2.39. The number of hydrogen-bond donors (Lipinski definition) is 2. The predicted octanol–water partition coefficient (Wildman–Crippen LogP) is 3.07. The third-order valence-electron chi connectivity index (χ3n) is 5.97. The van der Waals surface area contributed by atoms with Crippen molar-refractivity contribution in [2.24, 2.45) is 10.9 Å². The zero-order valence-corrected chi connectivity index (χ0v) is 17.5. The number of piperazine rings is 1. The maximum absolute atomic E-state index is 12.9. The summed E-state index contributed by atoms with van der Waals surface area (Å²) in [6, 6.07) is 6.22. The zero-order valence-electron chi connectivity index (χ0n) is 17.5. The van der Waals surface area contributed by atoms with Gasteiger partial charge in [0.15, 0.2) is 5.96 Å². The van der Waals surface area contributed by atoms with Gasteiger partial charge in [-0.15, -0.1) is 0 Å². The van der Waals surface area contributed by atoms with Crippen LogP contribution in [0.4, 0.5) is 18.9 Å². The summed E-state index contributed by atoms with van der Waals surface area (Å²) in [7, 11) is 1.67. The van der Waals surface area contributed by atoms with E-state index < -0.39 is 12.2 Å². The molecule has 3 rings (SSSR count). The Balaban J connectivity index is 1.50. The lowest BCUT2D eigenvalue weighted by Crippen LogP contribution is -2.56. The van der Waals surface area contributed by atoms with Crippen LogP contribution < -0.4 is 10.6 Å². The molecule has 1 aliphatic carbocycles. The van der Waals surface area contributed by atoms with E-state index in [1.165, 1.54) is 11.8 Å². The summed E-state index contributed by atoms with van der Waals surface area (Å²) in [6.45, 7) is 3.36. The SMILES string of the molecule is CN=C(NCc1cccc(NC(=O)C2CCC2)c1)N1CCN(C(C)C(F)(F)F)CC1. The average molecular weight is 425 g/mol. The molecule has 0 aromatic heterocycles. The first-order chi connectivity index (χ1) is 14.3. The fourth-order valence-electron chi connectivity index (χ4n) is 3.72. The monoisotopic (exact) mass is 425 g/mol. The van der Waals surface area contributed by atoms with Crippen LogP contribution in [0, 0.1) is 5.92 Å². The number of nitrogens with one attached hydrogen (secondary N) is 2. The fraction of sp³-hybridized carbons (Fsp3) is 0.619. The Hall–Kier alpha value is -2.29. The number of carbonyl (C=O) groups is 1. The third-order valence-corrected chi connectivity index (χ3v) is 5.97. The van der Waals surface area contributed by atoms with Gasteiger partial charge in [-0.3, -0.25) is 14.7 Å². The van der Waals surface area contributed by atoms with Crippen molar-refractivity contribution < 1.29 is 18.0 Å². The number of carbonyl (C=O) groups excluding carboxylic acids is 1. The maximum Gasteiger partial charge on any atom is 0.403 e. The third kappa shape index (κ3) is 5.65. The molecule has 1 aromatic rings. The van der Waals surface area contributed by atoms with Crippen LogP contribution >= 0.6 is 0 Å². The highest BCUT2D eigenvalue weighted by atomic mass is 19.4. The van der Waals surface area contributed by atoms with Crippen LogP contribution in [0.3, 0.4) is 0 Å². The van der Waals surface area contributed by atoms with E-state index in [0.29, 0.717) is 38.7 Å². The number of benzene rings is 1. The van der Waals surface area contributed by atoms with E-state index in [1.54, 1.807) is 7.05 Å². The predicted molar refractivity (Wildman–Crippen MR) is 111 cm³/mol. The van der Waals surface area contributed by atoms with Crippen molar-refractivity contribution in [1.82, 2.24) is 15.1 Å². The summed E-state index contributed by atoms with van der Waals surface area (Å²) < 4.78 is 38.8. The summed E-state index contributed by atoms with van der Waals surface area (Å²) >= 11 is 0. The van der Waals surface area contributed by atoms with Crippen molar-refractivity contribution in [3.8, 4) is 0 Å². The minimum atomic E-state index is -4.21. The highest BCUT2D eigenvalue weighted by Gasteiger charge is 2.41. The second kappa shape index (κ2) is 9.68. The summed E-state index contributed by atoms with van der Waals surface area (Å²) in [5.41, 5.74) is 1.77. The average Bonchev–Trinajstić information content (AvgIpc) is 2.66. The van der Waals surface area contributed by atoms with E-state index >= 15 is 0 Å². The summed E-state index contributed by atoms with van der Waals surface area (Å²) in [4.78, 5) is 19.8. The minimum absolute atomic E-state index is 0.0770. The molecule has 9 heteroatoms. The highest BCUT2D eigenvalue weighted by Crippen LogP contribution is 2.28. The number of guanidine groups is 1. The molecule has 2 aliphatic rings. The Morgan fingerprint density at radius 2 is 1.93 bits per heavy atom. The van der Waals surface area contributed by atoms with Crippen LogP contribution in [0.25, 0.3) is 0 Å². The quantitative estimate of drug-likeness (QED) is 0.562. The van der Waals surface area contributed by atoms with Gasteiger partial charge in [-0.05, 0) is 37.5 Å². The fourth-order valence-corrected chi connectivity index (χ4v) is 3.72. The molecule has 1 unspecified atom stereocenters. The molecule has 166 valence electrons. The van der Waals surface area contributed by atoms with Gasteiger partial charge < -0.3 is 15.5 Å². The Bertz CT molecular complexity index is 755. The van der Waals surface area contributed by atoms with Crippen molar-refractivity contribution in [3.05, 3.63) is 29.8 Å². The number of rotatable bonds is 5. The van der Waals surface area contributed by atoms with Gasteiger partial charge >= 0.3 is 6.18 Å². The highest BCUT2D eigenvalue weighted by molar-refractivity contribution is 5.93. The number of amides is 1. The van der Waals surface area contributed by atoms with E-state index in [4.69, 9.17) is 0 Å². The van der Waals surface area contributed by atoms with Crippen molar-refractivity contribution in [1.29, 1.82) is 0 Å². The first kappa shape index (κ1) is 22.4. The number of halogens is 3. The molecule has 0 radical (unpaired) electrons. The van der Waals surface area contributed by atoms with E-state index in [-0.39, 0.29) is 11.8 Å². The molecule has 6 nitrogen and oxygen atoms in total. The van der Waals surface area contributed by atoms with Gasteiger partial charge in [0.05, 0.1) is 0 Å². The van der Waals surface area contributed by atoms with Crippen molar-refractivity contribution in [2.45, 2.75) is 44.9 Å². The summed E-state index contributed by atoms with van der Waals surface area (Å²) in [5, 5.41) is 6.25. The number of nitrogens with zero attached hydrogens (tertiary/aromatic N) is 3. The van der Waals surface area contributed by atoms with Gasteiger partial charge in [0.2, 0.25) is 5.91 Å². The molecule has 1 amide bonds. The van der Waals surface area contributed by atoms with Gasteiger partial charge in [-0.1, -0.05) is 18.6 Å². The zero-order chi connectivity index (χ0) is 21.7. The molecule has 1 saturated heterocycles. The van der Waals surface area contributed by atoms with Crippen LogP contribution in [0.15, 0.2) is 29.3 Å². The van der Waals surface area contributed by atoms with Crippen LogP contribution in [0.5, 0.6) is 0 Å². The molecule has 1 saturated carbocycles. The maximum atomic E-state index is 12.9. The van der Waals surface area contributed by atoms with Crippen molar-refractivity contribution in [3.63, 3.8) is 0 Å². The Morgan fingerprint density at radius 3 is 2.50 bits per heavy atom. The minimum Gasteiger partial charge on any atom is -0.352 e. The molecule has 0 bridgehead atoms. The standard InChI is InChI=1S/C21H30F3N5O/c1-15(21(22,23)24)28-9-11-29(12-10-28)20(25-2)26-14-16-5-3-8-18(13-16)27-19(30)17-6-4-7-17/h3,5,8,13,15,17H,4,6-7,9-12,14H2,1-2H3,(H,25,26)(H,27,30). The first-order valence-electron chi connectivity index (χ1n) is 10.4. The number of alkyl halides is 3. The van der Waals surface area contributed by atoms with Gasteiger partial charge in [0.1, 0.15) is 6.04 Å². The second-order valence-corrected chi connectivity index (χ2v) is 7.96. The molecule has 2 N–H and O–H groups in total. The summed E-state index contributed by atoms with van der Waals surface area (Å²) in [5.74, 6) is 0.871. The normalized spacial score (nSPS) is 19.9. The lowest BCUT2D eigenvalue weighted by molar-refractivity contribution is -0.181. The molecule has 1 atom stereocenters. The Labute approximate surface area is 175 Å². The van der Waals surface area contributed by atoms with Gasteiger partial charge in [0.25, 0.3) is 0 Å². The van der Waals surface area contributed by atoms with Crippen LogP contribution in [-0.4, -0.2) is 67.1 Å². The lowest BCUT2D eigenvalue weighted by atomic mass is 9.85. The Kier molecular flexibility index (Phi) is 7.23. The van der Waals surface area contributed by atoms with Crippen molar-refractivity contribution in [2.75, 3.05) is 38.5 Å². The number of hydrogen-bond acceptors (Lipinski definition) is 3. The van der Waals surface area contributed by atoms with Crippen LogP contribution in [-0.2, 0) is 11.3 Å². The van der Waals surface area contributed by atoms with E-state index in [2.05, 4.69) is 15.6 Å². The van der Waals surface area contributed by atoms with E-state index in [9.17, 15) is 18.0 Å². The molecular weight excluding hydrogens is 395 g/mol. The van der Waals surface area contributed by atoms with Gasteiger partial charge in [-0.25, -0.2) is 0 Å². The number of aliphatic imine (C=N–C) groups is 1. The van der Waals surface area contributed by atoms with E-state index in [0.717, 1.165) is 30.5 Å². The number of anilines is 1. The molecule has 1 heterocycles. The van der Waals surface area contributed by atoms with Crippen LogP contribution in [0.2, 0.25) is 0 Å². The molecule has 30 heavy (non-hydrogen) atoms. The topological polar surface area (TPSA) is 60.0 Å². The molecule has 0 spiro atoms. The molecule has 2 fully saturated rings. The largest absolute Gasteiger partial charge is 0.403 e. The molecular formula is C21H30F3N5O. The van der Waals surface area contributed by atoms with Gasteiger partial charge in [0, 0.05) is 51.4 Å². The van der Waals surface area contributed by atoms with Crippen molar-refractivity contribution >= 4 is 17.6 Å². The summed E-state index contributed by atoms with van der Waals surface area (Å²) in [6.07, 6.45) is -1.18. The van der Waals surface area contributed by atoms with Gasteiger partial charge in [-0.2, -0.15) is 13.2 Å². The Morgan fingerprint density at radius 1 is 1.23 bits per heavy atom. The smallest absolute Gasteiger partial charge is 0.352 e. The molecule has 1 aliphatic heterocycles.